The van der Waals surface area contributed by atoms with Gasteiger partial charge in [0.25, 0.3) is 0 Å². The van der Waals surface area contributed by atoms with E-state index in [0.717, 1.165) is 11.1 Å². The van der Waals surface area contributed by atoms with Crippen LogP contribution in [-0.4, -0.2) is 48.3 Å². The molecule has 3 rings (SSSR count). The minimum absolute atomic E-state index is 0.0185. The van der Waals surface area contributed by atoms with Crippen molar-refractivity contribution in [3.63, 3.8) is 0 Å². The molecule has 1 aliphatic heterocycles. The number of aliphatic hydroxyl groups excluding tert-OH is 2. The van der Waals surface area contributed by atoms with E-state index in [4.69, 9.17) is 5.11 Å². The molecule has 0 saturated carbocycles. The fourth-order valence-electron chi connectivity index (χ4n) is 2.62. The molecule has 0 bridgehead atoms. The van der Waals surface area contributed by atoms with Crippen LogP contribution in [0, 0.1) is 0 Å². The molecule has 7 heteroatoms. The smallest absolute Gasteiger partial charge is 0.247 e. The van der Waals surface area contributed by atoms with E-state index < -0.39 is 6.10 Å². The van der Waals surface area contributed by atoms with E-state index in [1.165, 1.54) is 0 Å². The van der Waals surface area contributed by atoms with Crippen LogP contribution in [0.25, 0.3) is 0 Å². The van der Waals surface area contributed by atoms with Gasteiger partial charge >= 0.3 is 0 Å². The van der Waals surface area contributed by atoms with Crippen LogP contribution >= 0.6 is 0 Å². The number of benzene rings is 2. The predicted molar refractivity (Wildman–Crippen MR) is 107 cm³/mol. The molecule has 2 aromatic carbocycles. The van der Waals surface area contributed by atoms with Gasteiger partial charge in [-0.05, 0) is 17.5 Å². The van der Waals surface area contributed by atoms with Gasteiger partial charge in [-0.25, -0.2) is 0 Å². The third-order valence-electron chi connectivity index (χ3n) is 4.15. The summed E-state index contributed by atoms with van der Waals surface area (Å²) in [6, 6.07) is 20.1. The number of carbonyl (C=O) groups excluding carboxylic acids is 1. The van der Waals surface area contributed by atoms with Gasteiger partial charge in [-0.2, -0.15) is 0 Å². The third kappa shape index (κ3) is 8.60. The van der Waals surface area contributed by atoms with Crippen LogP contribution in [0.4, 0.5) is 0 Å². The van der Waals surface area contributed by atoms with Crippen LogP contribution in [0.3, 0.4) is 0 Å². The molecule has 2 aromatic rings. The van der Waals surface area contributed by atoms with Crippen LogP contribution in [0.15, 0.2) is 60.7 Å². The molecule has 1 saturated heterocycles. The number of nitrogens with one attached hydrogen (secondary N) is 3. The Morgan fingerprint density at radius 3 is 1.86 bits per heavy atom. The predicted octanol–water partition coefficient (Wildman–Crippen LogP) is 0.726. The number of aliphatic hydroxyl groups is 2. The Morgan fingerprint density at radius 1 is 0.964 bits per heavy atom. The number of carbonyl (C=O) groups is 1. The van der Waals surface area contributed by atoms with Gasteiger partial charge in [-0.3, -0.25) is 15.4 Å². The molecular formula is C21H29N3O4. The van der Waals surface area contributed by atoms with E-state index in [-0.39, 0.29) is 25.3 Å². The lowest BCUT2D eigenvalue weighted by molar-refractivity contribution is -0.119. The number of amides is 1. The van der Waals surface area contributed by atoms with Gasteiger partial charge < -0.3 is 20.3 Å². The lowest BCUT2D eigenvalue weighted by Gasteiger charge is -2.25. The van der Waals surface area contributed by atoms with Crippen molar-refractivity contribution in [3.8, 4) is 0 Å². The quantitative estimate of drug-likeness (QED) is 0.407. The molecule has 1 fully saturated rings. The topological polar surface area (TPSA) is 103 Å². The SMILES string of the molecule is O=C1COCN1.OCC[C@H](O)C(NCc1ccccc1)NCc1ccccc1. The second-order valence-corrected chi connectivity index (χ2v) is 6.38. The highest BCUT2D eigenvalue weighted by Crippen LogP contribution is 2.04. The van der Waals surface area contributed by atoms with Crippen molar-refractivity contribution in [1.29, 1.82) is 0 Å². The molecule has 0 aromatic heterocycles. The summed E-state index contributed by atoms with van der Waals surface area (Å²) in [5.41, 5.74) is 2.32. The molecule has 0 aliphatic carbocycles. The lowest BCUT2D eigenvalue weighted by Crippen LogP contribution is -2.50. The second kappa shape index (κ2) is 13.0. The summed E-state index contributed by atoms with van der Waals surface area (Å²) < 4.78 is 4.60. The Morgan fingerprint density at radius 2 is 1.50 bits per heavy atom. The molecule has 0 unspecified atom stereocenters. The Balaban J connectivity index is 0.000000397. The van der Waals surface area contributed by atoms with Gasteiger partial charge in [0.1, 0.15) is 13.3 Å². The Bertz CT molecular complexity index is 618. The highest BCUT2D eigenvalue weighted by atomic mass is 16.5. The molecule has 0 spiro atoms. The number of hydrogen-bond acceptors (Lipinski definition) is 6. The summed E-state index contributed by atoms with van der Waals surface area (Å²) in [4.78, 5) is 10.0. The zero-order valence-electron chi connectivity index (χ0n) is 15.9. The Kier molecular flexibility index (Phi) is 10.2. The van der Waals surface area contributed by atoms with Crippen molar-refractivity contribution in [2.75, 3.05) is 19.9 Å². The average Bonchev–Trinajstić information content (AvgIpc) is 3.21. The number of rotatable bonds is 9. The van der Waals surface area contributed by atoms with Crippen molar-refractivity contribution in [2.45, 2.75) is 31.8 Å². The van der Waals surface area contributed by atoms with E-state index in [2.05, 4.69) is 20.7 Å². The van der Waals surface area contributed by atoms with E-state index in [1.54, 1.807) is 0 Å². The molecular weight excluding hydrogens is 358 g/mol. The van der Waals surface area contributed by atoms with Gasteiger partial charge in [0.05, 0.1) is 12.3 Å². The van der Waals surface area contributed by atoms with Crippen molar-refractivity contribution in [1.82, 2.24) is 16.0 Å². The first kappa shape index (κ1) is 22.0. The van der Waals surface area contributed by atoms with Gasteiger partial charge in [0.15, 0.2) is 0 Å². The summed E-state index contributed by atoms with van der Waals surface area (Å²) in [5.74, 6) is -0.0185. The summed E-state index contributed by atoms with van der Waals surface area (Å²) in [7, 11) is 0. The summed E-state index contributed by atoms with van der Waals surface area (Å²) >= 11 is 0. The van der Waals surface area contributed by atoms with E-state index in [9.17, 15) is 9.90 Å². The normalized spacial score (nSPS) is 14.3. The summed E-state index contributed by atoms with van der Waals surface area (Å²) in [6.45, 7) is 1.92. The average molecular weight is 387 g/mol. The molecule has 28 heavy (non-hydrogen) atoms. The number of ether oxygens (including phenoxy) is 1. The highest BCUT2D eigenvalue weighted by molar-refractivity contribution is 5.78. The molecule has 1 atom stereocenters. The van der Waals surface area contributed by atoms with E-state index in [0.29, 0.717) is 26.2 Å². The van der Waals surface area contributed by atoms with Gasteiger partial charge in [-0.1, -0.05) is 60.7 Å². The first-order chi connectivity index (χ1) is 13.7. The summed E-state index contributed by atoms with van der Waals surface area (Å²) in [5, 5.41) is 28.3. The standard InChI is InChI=1S/C18H24N2O2.C3H5NO2/c21-12-11-17(22)18(19-13-15-7-3-1-4-8-15)20-14-16-9-5-2-6-10-16;5-3-1-6-2-4-3/h1-10,17-22H,11-14H2;1-2H2,(H,4,5)/t17-;/m0./s1. The molecule has 152 valence electrons. The first-order valence-corrected chi connectivity index (χ1v) is 9.37. The Hall–Kier alpha value is -2.29. The zero-order chi connectivity index (χ0) is 20.0. The van der Waals surface area contributed by atoms with E-state index >= 15 is 0 Å². The zero-order valence-corrected chi connectivity index (χ0v) is 15.9. The fourth-order valence-corrected chi connectivity index (χ4v) is 2.62. The van der Waals surface area contributed by atoms with Crippen molar-refractivity contribution < 1.29 is 19.7 Å². The lowest BCUT2D eigenvalue weighted by atomic mass is 10.1. The van der Waals surface area contributed by atoms with Crippen LogP contribution in [0.2, 0.25) is 0 Å². The van der Waals surface area contributed by atoms with Crippen LogP contribution in [0.1, 0.15) is 17.5 Å². The maximum atomic E-state index is 10.2. The Labute approximate surface area is 165 Å². The third-order valence-corrected chi connectivity index (χ3v) is 4.15. The molecule has 7 nitrogen and oxygen atoms in total. The molecule has 1 heterocycles. The fraction of sp³-hybridized carbons (Fsp3) is 0.381. The van der Waals surface area contributed by atoms with Crippen molar-refractivity contribution in [2.24, 2.45) is 0 Å². The van der Waals surface area contributed by atoms with Gasteiger partial charge in [-0.15, -0.1) is 0 Å². The van der Waals surface area contributed by atoms with Gasteiger partial charge in [0.2, 0.25) is 5.91 Å². The maximum Gasteiger partial charge on any atom is 0.247 e. The highest BCUT2D eigenvalue weighted by Gasteiger charge is 2.17. The second-order valence-electron chi connectivity index (χ2n) is 6.38. The van der Waals surface area contributed by atoms with E-state index in [1.807, 2.05) is 60.7 Å². The molecule has 5 N–H and O–H groups in total. The molecule has 1 amide bonds. The maximum absolute atomic E-state index is 10.2. The first-order valence-electron chi connectivity index (χ1n) is 9.37. The number of hydrogen-bond donors (Lipinski definition) is 5. The van der Waals surface area contributed by atoms with Crippen LogP contribution in [0.5, 0.6) is 0 Å². The van der Waals surface area contributed by atoms with Crippen molar-refractivity contribution >= 4 is 5.91 Å². The van der Waals surface area contributed by atoms with Crippen molar-refractivity contribution in [3.05, 3.63) is 71.8 Å². The minimum Gasteiger partial charge on any atom is -0.396 e. The monoisotopic (exact) mass is 387 g/mol. The largest absolute Gasteiger partial charge is 0.396 e. The minimum atomic E-state index is -0.641. The molecule has 0 radical (unpaired) electrons. The van der Waals surface area contributed by atoms with Crippen LogP contribution in [-0.2, 0) is 22.6 Å². The molecule has 1 aliphatic rings. The van der Waals surface area contributed by atoms with Crippen LogP contribution < -0.4 is 16.0 Å². The summed E-state index contributed by atoms with van der Waals surface area (Å²) in [6.07, 6.45) is -0.571. The van der Waals surface area contributed by atoms with Gasteiger partial charge in [0, 0.05) is 19.7 Å².